The molecule has 4 aliphatic carbocycles. The highest BCUT2D eigenvalue weighted by Crippen LogP contribution is 2.57. The van der Waals surface area contributed by atoms with Crippen LogP contribution in [0.3, 0.4) is 0 Å². The number of nitrogens with zero attached hydrogens (tertiary/aromatic N) is 3. The smallest absolute Gasteiger partial charge is 0.224 e. The Morgan fingerprint density at radius 3 is 2.21 bits per heavy atom. The van der Waals surface area contributed by atoms with Crippen molar-refractivity contribution < 1.29 is 4.79 Å². The van der Waals surface area contributed by atoms with Crippen LogP contribution in [0.1, 0.15) is 56.3 Å². The molecule has 24 heavy (non-hydrogen) atoms. The first kappa shape index (κ1) is 16.6. The minimum Gasteiger partial charge on any atom is -0.340 e. The Morgan fingerprint density at radius 2 is 1.75 bits per heavy atom. The number of amides is 1. The lowest BCUT2D eigenvalue weighted by Crippen LogP contribution is -2.60. The molecular weight excluding hydrogens is 366 g/mol. The van der Waals surface area contributed by atoms with Crippen molar-refractivity contribution in [2.75, 3.05) is 7.05 Å². The number of halogens is 1. The second-order valence-electron chi connectivity index (χ2n) is 8.55. The maximum Gasteiger partial charge on any atom is 0.224 e. The average Bonchev–Trinajstić information content (AvgIpc) is 2.77. The van der Waals surface area contributed by atoms with Gasteiger partial charge in [-0.25, -0.2) is 0 Å². The number of rotatable bonds is 4. The zero-order valence-electron chi connectivity index (χ0n) is 15.0. The lowest BCUT2D eigenvalue weighted by molar-refractivity contribution is -0.147. The van der Waals surface area contributed by atoms with Gasteiger partial charge in [0.2, 0.25) is 5.91 Å². The van der Waals surface area contributed by atoms with Gasteiger partial charge in [-0.05, 0) is 86.1 Å². The fraction of sp³-hybridized carbons (Fsp3) is 0.789. The third-order valence-electron chi connectivity index (χ3n) is 6.92. The lowest BCUT2D eigenvalue weighted by Gasteiger charge is -2.59. The molecule has 0 atom stereocenters. The minimum atomic E-state index is 0.168. The molecule has 4 aliphatic rings. The average molecular weight is 394 g/mol. The van der Waals surface area contributed by atoms with Crippen LogP contribution in [-0.4, -0.2) is 33.2 Å². The molecule has 1 heterocycles. The maximum absolute atomic E-state index is 12.9. The number of hydrogen-bond acceptors (Lipinski definition) is 2. The van der Waals surface area contributed by atoms with E-state index in [0.29, 0.717) is 18.9 Å². The third kappa shape index (κ3) is 2.63. The molecule has 1 amide bonds. The van der Waals surface area contributed by atoms with Crippen molar-refractivity contribution in [3.05, 3.63) is 15.9 Å². The Balaban J connectivity index is 1.44. The molecule has 0 spiro atoms. The highest BCUT2D eigenvalue weighted by atomic mass is 79.9. The van der Waals surface area contributed by atoms with E-state index in [1.165, 1.54) is 38.5 Å². The van der Waals surface area contributed by atoms with E-state index in [1.807, 2.05) is 11.6 Å². The Bertz CT molecular complexity index is 631. The van der Waals surface area contributed by atoms with E-state index < -0.39 is 0 Å². The van der Waals surface area contributed by atoms with E-state index in [1.54, 1.807) is 0 Å². The van der Waals surface area contributed by atoms with Gasteiger partial charge in [-0.2, -0.15) is 5.10 Å². The Kier molecular flexibility index (Phi) is 4.06. The van der Waals surface area contributed by atoms with Crippen molar-refractivity contribution in [1.29, 1.82) is 0 Å². The van der Waals surface area contributed by atoms with Gasteiger partial charge in [0.15, 0.2) is 0 Å². The number of hydrogen-bond donors (Lipinski definition) is 0. The van der Waals surface area contributed by atoms with Gasteiger partial charge < -0.3 is 4.90 Å². The molecule has 1 aromatic rings. The number of aromatic nitrogens is 2. The summed E-state index contributed by atoms with van der Waals surface area (Å²) in [5.41, 5.74) is 2.27. The van der Waals surface area contributed by atoms with Crippen molar-refractivity contribution in [2.45, 2.75) is 70.9 Å². The minimum absolute atomic E-state index is 0.168. The first-order chi connectivity index (χ1) is 11.4. The second-order valence-corrected chi connectivity index (χ2v) is 9.35. The lowest BCUT2D eigenvalue weighted by atomic mass is 9.52. The van der Waals surface area contributed by atoms with Crippen LogP contribution < -0.4 is 0 Å². The quantitative estimate of drug-likeness (QED) is 0.772. The van der Waals surface area contributed by atoms with Gasteiger partial charge in [0.1, 0.15) is 0 Å². The van der Waals surface area contributed by atoms with Crippen molar-refractivity contribution in [1.82, 2.24) is 14.7 Å². The summed E-state index contributed by atoms with van der Waals surface area (Å²) in [5.74, 6) is 2.91. The molecule has 1 aromatic heterocycles. The van der Waals surface area contributed by atoms with Gasteiger partial charge >= 0.3 is 0 Å². The fourth-order valence-corrected chi connectivity index (χ4v) is 6.29. The molecule has 132 valence electrons. The SMILES string of the molecule is Cc1nn(CCC(=O)N(C)C23CC4CC(CC(C4)C2)C3)c(C)c1Br. The van der Waals surface area contributed by atoms with Crippen LogP contribution >= 0.6 is 15.9 Å². The van der Waals surface area contributed by atoms with E-state index in [-0.39, 0.29) is 5.54 Å². The second kappa shape index (κ2) is 5.86. The Labute approximate surface area is 153 Å². The molecule has 5 rings (SSSR count). The molecular formula is C19H28BrN3O. The van der Waals surface area contributed by atoms with Crippen LogP contribution in [-0.2, 0) is 11.3 Å². The van der Waals surface area contributed by atoms with Crippen molar-refractivity contribution in [3.63, 3.8) is 0 Å². The van der Waals surface area contributed by atoms with Gasteiger partial charge in [-0.1, -0.05) is 0 Å². The zero-order valence-corrected chi connectivity index (χ0v) is 16.6. The maximum atomic E-state index is 12.9. The van der Waals surface area contributed by atoms with Crippen LogP contribution in [0.25, 0.3) is 0 Å². The van der Waals surface area contributed by atoms with Gasteiger partial charge in [-0.15, -0.1) is 0 Å². The summed E-state index contributed by atoms with van der Waals surface area (Å²) < 4.78 is 3.02. The number of carbonyl (C=O) groups is 1. The van der Waals surface area contributed by atoms with Gasteiger partial charge in [0, 0.05) is 24.7 Å². The Morgan fingerprint density at radius 1 is 1.21 bits per heavy atom. The molecule has 4 nitrogen and oxygen atoms in total. The molecule has 0 saturated heterocycles. The predicted octanol–water partition coefficient (Wildman–Crippen LogP) is 4.08. The first-order valence-corrected chi connectivity index (χ1v) is 10.1. The summed E-state index contributed by atoms with van der Waals surface area (Å²) in [6, 6.07) is 0. The third-order valence-corrected chi connectivity index (χ3v) is 8.07. The van der Waals surface area contributed by atoms with Gasteiger partial charge in [0.05, 0.1) is 16.7 Å². The summed E-state index contributed by atoms with van der Waals surface area (Å²) in [4.78, 5) is 15.0. The van der Waals surface area contributed by atoms with E-state index in [2.05, 4.69) is 39.9 Å². The Hall–Kier alpha value is -0.840. The van der Waals surface area contributed by atoms with Crippen LogP contribution in [0.15, 0.2) is 4.47 Å². The summed E-state index contributed by atoms with van der Waals surface area (Å²) >= 11 is 3.57. The molecule has 4 saturated carbocycles. The molecule has 0 radical (unpaired) electrons. The first-order valence-electron chi connectivity index (χ1n) is 9.34. The zero-order chi connectivity index (χ0) is 17.1. The van der Waals surface area contributed by atoms with Crippen LogP contribution in [0.5, 0.6) is 0 Å². The monoisotopic (exact) mass is 393 g/mol. The topological polar surface area (TPSA) is 38.1 Å². The van der Waals surface area contributed by atoms with Gasteiger partial charge in [-0.3, -0.25) is 9.48 Å². The van der Waals surface area contributed by atoms with Crippen LogP contribution in [0, 0.1) is 31.6 Å². The molecule has 0 aliphatic heterocycles. The molecule has 0 N–H and O–H groups in total. The van der Waals surface area contributed by atoms with E-state index >= 15 is 0 Å². The summed E-state index contributed by atoms with van der Waals surface area (Å²) in [5, 5.41) is 4.53. The van der Waals surface area contributed by atoms with Crippen molar-refractivity contribution >= 4 is 21.8 Å². The van der Waals surface area contributed by atoms with Crippen molar-refractivity contribution in [3.8, 4) is 0 Å². The molecule has 0 unspecified atom stereocenters. The predicted molar refractivity (Wildman–Crippen MR) is 97.7 cm³/mol. The summed E-state index contributed by atoms with van der Waals surface area (Å²) in [7, 11) is 2.06. The standard InChI is InChI=1S/C19H28BrN3O/c1-12-18(20)13(2)23(21-12)5-4-17(24)22(3)19-9-14-6-15(10-19)8-16(7-14)11-19/h14-16H,4-11H2,1-3H3. The molecule has 4 bridgehead atoms. The summed E-state index contributed by atoms with van der Waals surface area (Å²) in [6.45, 7) is 4.72. The van der Waals surface area contributed by atoms with Gasteiger partial charge in [0.25, 0.3) is 0 Å². The number of aryl methyl sites for hydroxylation is 2. The normalized spacial score (nSPS) is 33.9. The van der Waals surface area contributed by atoms with Crippen molar-refractivity contribution in [2.24, 2.45) is 17.8 Å². The fourth-order valence-electron chi connectivity index (χ4n) is 6.00. The highest BCUT2D eigenvalue weighted by Gasteiger charge is 2.53. The van der Waals surface area contributed by atoms with E-state index in [0.717, 1.165) is 33.6 Å². The largest absolute Gasteiger partial charge is 0.340 e. The van der Waals surface area contributed by atoms with E-state index in [9.17, 15) is 4.79 Å². The number of carbonyl (C=O) groups excluding carboxylic acids is 1. The van der Waals surface area contributed by atoms with E-state index in [4.69, 9.17) is 0 Å². The molecule has 4 fully saturated rings. The van der Waals surface area contributed by atoms with Crippen LogP contribution in [0.4, 0.5) is 0 Å². The molecule has 5 heteroatoms. The summed E-state index contributed by atoms with van der Waals surface area (Å²) in [6.07, 6.45) is 8.53. The molecule has 0 aromatic carbocycles. The van der Waals surface area contributed by atoms with Crippen LogP contribution in [0.2, 0.25) is 0 Å². The highest BCUT2D eigenvalue weighted by molar-refractivity contribution is 9.10.